The Hall–Kier alpha value is -2.94. The molecule has 0 aliphatic rings. The molecule has 0 unspecified atom stereocenters. The maximum absolute atomic E-state index is 10.5. The number of hydrogen-bond acceptors (Lipinski definition) is 5. The van der Waals surface area contributed by atoms with Crippen LogP contribution in [-0.4, -0.2) is 17.0 Å². The van der Waals surface area contributed by atoms with Crippen LogP contribution >= 0.6 is 0 Å². The normalized spacial score (nSPS) is 9.68. The van der Waals surface area contributed by atoms with Gasteiger partial charge in [-0.2, -0.15) is 5.26 Å². The van der Waals surface area contributed by atoms with E-state index in [9.17, 15) is 10.1 Å². The minimum absolute atomic E-state index is 0.203. The highest BCUT2D eigenvalue weighted by Crippen LogP contribution is 2.26. The molecule has 1 heterocycles. The fourth-order valence-electron chi connectivity index (χ4n) is 1.68. The summed E-state index contributed by atoms with van der Waals surface area (Å²) in [4.78, 5) is 15.5. The van der Waals surface area contributed by atoms with Gasteiger partial charge in [0.15, 0.2) is 6.20 Å². The largest absolute Gasteiger partial charge is 0.363 e. The molecule has 0 fully saturated rings. The van der Waals surface area contributed by atoms with Crippen molar-refractivity contribution < 1.29 is 4.92 Å². The van der Waals surface area contributed by atoms with Crippen LogP contribution in [0.1, 0.15) is 5.56 Å². The first kappa shape index (κ1) is 12.5. The van der Waals surface area contributed by atoms with Gasteiger partial charge in [-0.1, -0.05) is 12.1 Å². The second-order valence-corrected chi connectivity index (χ2v) is 3.82. The molecule has 6 nitrogen and oxygen atoms in total. The number of nitrogens with zero attached hydrogens (tertiary/aromatic N) is 4. The van der Waals surface area contributed by atoms with Crippen molar-refractivity contribution in [2.45, 2.75) is 0 Å². The molecular weight excluding hydrogens is 244 g/mol. The van der Waals surface area contributed by atoms with Crippen molar-refractivity contribution in [3.8, 4) is 6.07 Å². The van der Waals surface area contributed by atoms with Crippen LogP contribution in [-0.2, 0) is 0 Å². The first-order valence-electron chi connectivity index (χ1n) is 5.47. The molecule has 0 bridgehead atoms. The molecule has 94 valence electrons. The van der Waals surface area contributed by atoms with Gasteiger partial charge in [0.1, 0.15) is 6.07 Å². The third kappa shape index (κ3) is 2.50. The molecule has 0 radical (unpaired) electrons. The highest BCUT2D eigenvalue weighted by atomic mass is 16.6. The molecule has 0 aliphatic heterocycles. The van der Waals surface area contributed by atoms with Gasteiger partial charge in [-0.05, 0) is 28.1 Å². The van der Waals surface area contributed by atoms with Crippen LogP contribution in [0.3, 0.4) is 0 Å². The predicted octanol–water partition coefficient (Wildman–Crippen LogP) is 2.63. The summed E-state index contributed by atoms with van der Waals surface area (Å²) in [7, 11) is 1.78. The summed E-state index contributed by atoms with van der Waals surface area (Å²) in [6.45, 7) is 0. The highest BCUT2D eigenvalue weighted by Gasteiger charge is 2.12. The van der Waals surface area contributed by atoms with E-state index in [0.717, 1.165) is 5.69 Å². The minimum Gasteiger partial charge on any atom is -0.358 e. The average Bonchev–Trinajstić information content (AvgIpc) is 2.46. The molecule has 19 heavy (non-hydrogen) atoms. The summed E-state index contributed by atoms with van der Waals surface area (Å²) in [5.74, 6) is -0.203. The molecule has 1 aromatic heterocycles. The number of anilines is 2. The first-order chi connectivity index (χ1) is 9.13. The monoisotopic (exact) mass is 254 g/mol. The molecule has 0 spiro atoms. The summed E-state index contributed by atoms with van der Waals surface area (Å²) in [6.07, 6.45) is 1.41. The van der Waals surface area contributed by atoms with Crippen LogP contribution in [0.2, 0.25) is 0 Å². The van der Waals surface area contributed by atoms with E-state index in [1.54, 1.807) is 36.2 Å². The smallest absolute Gasteiger partial charge is 0.358 e. The number of aromatic nitrogens is 1. The molecule has 2 rings (SSSR count). The van der Waals surface area contributed by atoms with Crippen LogP contribution in [0.25, 0.3) is 0 Å². The van der Waals surface area contributed by atoms with E-state index in [-0.39, 0.29) is 5.82 Å². The topological polar surface area (TPSA) is 83.1 Å². The van der Waals surface area contributed by atoms with Crippen LogP contribution in [0.5, 0.6) is 0 Å². The molecule has 0 amide bonds. The zero-order chi connectivity index (χ0) is 13.8. The molecule has 0 saturated heterocycles. The highest BCUT2D eigenvalue weighted by molar-refractivity contribution is 5.68. The Morgan fingerprint density at radius 1 is 1.32 bits per heavy atom. The minimum atomic E-state index is -0.549. The Kier molecular flexibility index (Phi) is 3.39. The summed E-state index contributed by atoms with van der Waals surface area (Å²) in [5, 5.41) is 19.6. The maximum atomic E-state index is 10.5. The molecule has 0 N–H and O–H groups in total. The number of nitro groups is 1. The lowest BCUT2D eigenvalue weighted by Gasteiger charge is -2.18. The lowest BCUT2D eigenvalue weighted by atomic mass is 10.1. The molecule has 0 saturated carbocycles. The number of pyridine rings is 1. The molecular formula is C13H10N4O2. The summed E-state index contributed by atoms with van der Waals surface area (Å²) >= 11 is 0. The van der Waals surface area contributed by atoms with Gasteiger partial charge in [-0.15, -0.1) is 0 Å². The number of para-hydroxylation sites is 1. The SMILES string of the molecule is CN(c1ccc([N+](=O)[O-])nc1)c1ccccc1C#N. The van der Waals surface area contributed by atoms with E-state index >= 15 is 0 Å². The van der Waals surface area contributed by atoms with Crippen LogP contribution in [0.15, 0.2) is 42.6 Å². The first-order valence-corrected chi connectivity index (χ1v) is 5.47. The fraction of sp³-hybridized carbons (Fsp3) is 0.0769. The van der Waals surface area contributed by atoms with E-state index in [2.05, 4.69) is 11.1 Å². The molecule has 1 aromatic carbocycles. The van der Waals surface area contributed by atoms with Crippen molar-refractivity contribution in [1.29, 1.82) is 5.26 Å². The summed E-state index contributed by atoms with van der Waals surface area (Å²) in [6, 6.07) is 12.2. The quantitative estimate of drug-likeness (QED) is 0.621. The Morgan fingerprint density at radius 3 is 2.63 bits per heavy atom. The second-order valence-electron chi connectivity index (χ2n) is 3.82. The van der Waals surface area contributed by atoms with Crippen LogP contribution < -0.4 is 4.90 Å². The molecule has 0 atom stereocenters. The van der Waals surface area contributed by atoms with Gasteiger partial charge >= 0.3 is 5.82 Å². The van der Waals surface area contributed by atoms with E-state index in [1.165, 1.54) is 12.3 Å². The third-order valence-corrected chi connectivity index (χ3v) is 2.69. The van der Waals surface area contributed by atoms with Gasteiger partial charge in [-0.3, -0.25) is 0 Å². The van der Waals surface area contributed by atoms with Gasteiger partial charge < -0.3 is 15.0 Å². The van der Waals surface area contributed by atoms with Gasteiger partial charge in [0, 0.05) is 13.1 Å². The number of rotatable bonds is 3. The third-order valence-electron chi connectivity index (χ3n) is 2.69. The van der Waals surface area contributed by atoms with E-state index in [1.807, 2.05) is 6.07 Å². The van der Waals surface area contributed by atoms with E-state index in [0.29, 0.717) is 11.3 Å². The lowest BCUT2D eigenvalue weighted by Crippen LogP contribution is -2.11. The number of hydrogen-bond donors (Lipinski definition) is 0. The van der Waals surface area contributed by atoms with Gasteiger partial charge in [0.2, 0.25) is 0 Å². The van der Waals surface area contributed by atoms with Crippen molar-refractivity contribution in [3.05, 3.63) is 58.3 Å². The van der Waals surface area contributed by atoms with Gasteiger partial charge in [0.25, 0.3) is 0 Å². The Balaban J connectivity index is 2.36. The van der Waals surface area contributed by atoms with Crippen molar-refractivity contribution in [2.24, 2.45) is 0 Å². The number of benzene rings is 1. The van der Waals surface area contributed by atoms with Gasteiger partial charge in [0.05, 0.1) is 16.9 Å². The zero-order valence-electron chi connectivity index (χ0n) is 10.1. The van der Waals surface area contributed by atoms with E-state index in [4.69, 9.17) is 5.26 Å². The summed E-state index contributed by atoms with van der Waals surface area (Å²) in [5.41, 5.74) is 1.93. The van der Waals surface area contributed by atoms with Crippen molar-refractivity contribution in [1.82, 2.24) is 4.98 Å². The Morgan fingerprint density at radius 2 is 2.05 bits per heavy atom. The average molecular weight is 254 g/mol. The van der Waals surface area contributed by atoms with Crippen molar-refractivity contribution >= 4 is 17.2 Å². The van der Waals surface area contributed by atoms with Crippen molar-refractivity contribution in [2.75, 3.05) is 11.9 Å². The molecule has 2 aromatic rings. The standard InChI is InChI=1S/C13H10N4O2/c1-16(12-5-3-2-4-10(12)8-14)11-6-7-13(15-9-11)17(18)19/h2-7,9H,1H3. The predicted molar refractivity (Wildman–Crippen MR) is 70.1 cm³/mol. The van der Waals surface area contributed by atoms with Gasteiger partial charge in [-0.25, -0.2) is 0 Å². The van der Waals surface area contributed by atoms with E-state index < -0.39 is 4.92 Å². The van der Waals surface area contributed by atoms with Crippen LogP contribution in [0, 0.1) is 21.4 Å². The number of nitriles is 1. The maximum Gasteiger partial charge on any atom is 0.363 e. The Labute approximate surface area is 109 Å². The Bertz CT molecular complexity index is 646. The zero-order valence-corrected chi connectivity index (χ0v) is 10.1. The lowest BCUT2D eigenvalue weighted by molar-refractivity contribution is -0.389. The summed E-state index contributed by atoms with van der Waals surface area (Å²) < 4.78 is 0. The second kappa shape index (κ2) is 5.14. The van der Waals surface area contributed by atoms with Crippen LogP contribution in [0.4, 0.5) is 17.2 Å². The van der Waals surface area contributed by atoms with Crippen molar-refractivity contribution in [3.63, 3.8) is 0 Å². The fourth-order valence-corrected chi connectivity index (χ4v) is 1.68. The molecule has 6 heteroatoms. The molecule has 0 aliphatic carbocycles.